The SMILES string of the molecule is Cl.N#Cc1ccc2c(c1)CNCCC2. The van der Waals surface area contributed by atoms with Crippen molar-refractivity contribution in [3.05, 3.63) is 34.9 Å². The fraction of sp³-hybridized carbons (Fsp3) is 0.364. The quantitative estimate of drug-likeness (QED) is 0.708. The van der Waals surface area contributed by atoms with Crippen LogP contribution in [0.4, 0.5) is 0 Å². The van der Waals surface area contributed by atoms with Gasteiger partial charge in [-0.1, -0.05) is 6.07 Å². The Morgan fingerprint density at radius 2 is 2.14 bits per heavy atom. The lowest BCUT2D eigenvalue weighted by atomic mass is 10.0. The molecule has 0 fully saturated rings. The standard InChI is InChI=1S/C11H12N2.ClH/c12-7-9-3-4-10-2-1-5-13-8-11(10)6-9;/h3-4,6,13H,1-2,5,8H2;1H. The molecule has 0 saturated heterocycles. The lowest BCUT2D eigenvalue weighted by Gasteiger charge is -2.04. The number of rotatable bonds is 0. The predicted molar refractivity (Wildman–Crippen MR) is 58.4 cm³/mol. The molecular formula is C11H13ClN2. The highest BCUT2D eigenvalue weighted by Gasteiger charge is 2.07. The molecule has 2 rings (SSSR count). The second-order valence-electron chi connectivity index (χ2n) is 3.38. The maximum absolute atomic E-state index is 8.74. The van der Waals surface area contributed by atoms with Crippen LogP contribution in [0.2, 0.25) is 0 Å². The van der Waals surface area contributed by atoms with Crippen LogP contribution in [0.15, 0.2) is 18.2 Å². The summed E-state index contributed by atoms with van der Waals surface area (Å²) in [5, 5.41) is 12.1. The molecular weight excluding hydrogens is 196 g/mol. The number of nitriles is 1. The summed E-state index contributed by atoms with van der Waals surface area (Å²) >= 11 is 0. The van der Waals surface area contributed by atoms with Crippen molar-refractivity contribution in [2.75, 3.05) is 6.54 Å². The van der Waals surface area contributed by atoms with Crippen molar-refractivity contribution in [1.82, 2.24) is 5.32 Å². The summed E-state index contributed by atoms with van der Waals surface area (Å²) in [5.74, 6) is 0. The van der Waals surface area contributed by atoms with Gasteiger partial charge in [-0.3, -0.25) is 0 Å². The summed E-state index contributed by atoms with van der Waals surface area (Å²) in [6.45, 7) is 1.99. The molecule has 2 nitrogen and oxygen atoms in total. The molecule has 1 aliphatic rings. The zero-order valence-electron chi connectivity index (χ0n) is 7.92. The van der Waals surface area contributed by atoms with E-state index in [4.69, 9.17) is 5.26 Å². The van der Waals surface area contributed by atoms with Crippen molar-refractivity contribution in [1.29, 1.82) is 5.26 Å². The fourth-order valence-corrected chi connectivity index (χ4v) is 1.73. The van der Waals surface area contributed by atoms with Crippen molar-refractivity contribution in [3.63, 3.8) is 0 Å². The third-order valence-corrected chi connectivity index (χ3v) is 2.45. The summed E-state index contributed by atoms with van der Waals surface area (Å²) < 4.78 is 0. The third-order valence-electron chi connectivity index (χ3n) is 2.45. The van der Waals surface area contributed by atoms with E-state index in [1.165, 1.54) is 17.5 Å². The Bertz CT molecular complexity index is 355. The van der Waals surface area contributed by atoms with Crippen LogP contribution in [0.25, 0.3) is 0 Å². The third kappa shape index (κ3) is 2.25. The van der Waals surface area contributed by atoms with Gasteiger partial charge in [0.2, 0.25) is 0 Å². The highest BCUT2D eigenvalue weighted by Crippen LogP contribution is 2.15. The summed E-state index contributed by atoms with van der Waals surface area (Å²) in [5.41, 5.74) is 3.45. The second-order valence-corrected chi connectivity index (χ2v) is 3.38. The normalized spacial score (nSPS) is 14.5. The van der Waals surface area contributed by atoms with Crippen LogP contribution in [-0.2, 0) is 13.0 Å². The molecule has 1 aromatic rings. The lowest BCUT2D eigenvalue weighted by molar-refractivity contribution is 0.680. The van der Waals surface area contributed by atoms with Crippen molar-refractivity contribution in [2.24, 2.45) is 0 Å². The van der Waals surface area contributed by atoms with Gasteiger partial charge in [0.1, 0.15) is 0 Å². The van der Waals surface area contributed by atoms with Crippen molar-refractivity contribution in [2.45, 2.75) is 19.4 Å². The van der Waals surface area contributed by atoms with Crippen LogP contribution in [0.1, 0.15) is 23.1 Å². The van der Waals surface area contributed by atoms with Crippen molar-refractivity contribution in [3.8, 4) is 6.07 Å². The number of nitrogens with zero attached hydrogens (tertiary/aromatic N) is 1. The Kier molecular flexibility index (Phi) is 3.94. The Labute approximate surface area is 90.3 Å². The minimum Gasteiger partial charge on any atom is -0.313 e. The summed E-state index contributed by atoms with van der Waals surface area (Å²) in [4.78, 5) is 0. The number of benzene rings is 1. The highest BCUT2D eigenvalue weighted by atomic mass is 35.5. The monoisotopic (exact) mass is 208 g/mol. The Balaban J connectivity index is 0.000000980. The zero-order valence-corrected chi connectivity index (χ0v) is 8.73. The van der Waals surface area contributed by atoms with E-state index in [1.54, 1.807) is 0 Å². The molecule has 0 radical (unpaired) electrons. The molecule has 0 bridgehead atoms. The fourth-order valence-electron chi connectivity index (χ4n) is 1.73. The molecule has 3 heteroatoms. The number of fused-ring (bicyclic) bond motifs is 1. The van der Waals surface area contributed by atoms with Crippen molar-refractivity contribution >= 4 is 12.4 Å². The van der Waals surface area contributed by atoms with E-state index in [2.05, 4.69) is 17.5 Å². The molecule has 0 aliphatic carbocycles. The molecule has 0 aromatic heterocycles. The highest BCUT2D eigenvalue weighted by molar-refractivity contribution is 5.85. The number of hydrogen-bond acceptors (Lipinski definition) is 2. The number of aryl methyl sites for hydroxylation is 1. The van der Waals surface area contributed by atoms with Gasteiger partial charge in [-0.25, -0.2) is 0 Å². The average Bonchev–Trinajstić information content (AvgIpc) is 2.41. The first-order chi connectivity index (χ1) is 6.40. The molecule has 0 atom stereocenters. The van der Waals surface area contributed by atoms with Crippen molar-refractivity contribution < 1.29 is 0 Å². The molecule has 1 heterocycles. The molecule has 0 saturated carbocycles. The topological polar surface area (TPSA) is 35.8 Å². The van der Waals surface area contributed by atoms with Crippen LogP contribution in [-0.4, -0.2) is 6.54 Å². The summed E-state index contributed by atoms with van der Waals surface area (Å²) in [6.07, 6.45) is 2.33. The first-order valence-electron chi connectivity index (χ1n) is 4.63. The first-order valence-corrected chi connectivity index (χ1v) is 4.63. The molecule has 1 N–H and O–H groups in total. The smallest absolute Gasteiger partial charge is 0.0991 e. The van der Waals surface area contributed by atoms with Gasteiger partial charge in [0.15, 0.2) is 0 Å². The van der Waals surface area contributed by atoms with Crippen LogP contribution >= 0.6 is 12.4 Å². The zero-order chi connectivity index (χ0) is 9.10. The molecule has 0 spiro atoms. The van der Waals surface area contributed by atoms with E-state index in [1.807, 2.05) is 12.1 Å². The number of halogens is 1. The van der Waals surface area contributed by atoms with E-state index in [9.17, 15) is 0 Å². The summed E-state index contributed by atoms with van der Waals surface area (Å²) in [6, 6.07) is 8.15. The largest absolute Gasteiger partial charge is 0.313 e. The minimum absolute atomic E-state index is 0. The molecule has 14 heavy (non-hydrogen) atoms. The first kappa shape index (κ1) is 11.0. The maximum atomic E-state index is 8.74. The van der Waals surface area contributed by atoms with Gasteiger partial charge in [-0.05, 0) is 42.6 Å². The lowest BCUT2D eigenvalue weighted by Crippen LogP contribution is -2.11. The maximum Gasteiger partial charge on any atom is 0.0991 e. The van der Waals surface area contributed by atoms with E-state index < -0.39 is 0 Å². The van der Waals surface area contributed by atoms with Gasteiger partial charge in [0.05, 0.1) is 11.6 Å². The minimum atomic E-state index is 0. The van der Waals surface area contributed by atoms with Crippen LogP contribution in [0.3, 0.4) is 0 Å². The number of hydrogen-bond donors (Lipinski definition) is 1. The van der Waals surface area contributed by atoms with Crippen LogP contribution < -0.4 is 5.32 Å². The molecule has 1 aromatic carbocycles. The van der Waals surface area contributed by atoms with E-state index in [0.717, 1.165) is 25.1 Å². The average molecular weight is 209 g/mol. The Hall–Kier alpha value is -1.04. The predicted octanol–water partition coefficient (Wildman–Crippen LogP) is 2.02. The van der Waals surface area contributed by atoms with E-state index >= 15 is 0 Å². The van der Waals surface area contributed by atoms with Crippen LogP contribution in [0, 0.1) is 11.3 Å². The van der Waals surface area contributed by atoms with Gasteiger partial charge in [0.25, 0.3) is 0 Å². The molecule has 1 aliphatic heterocycles. The van der Waals surface area contributed by atoms with Gasteiger partial charge in [-0.15, -0.1) is 12.4 Å². The Morgan fingerprint density at radius 3 is 2.93 bits per heavy atom. The van der Waals surface area contributed by atoms with Gasteiger partial charge < -0.3 is 5.32 Å². The van der Waals surface area contributed by atoms with Crippen LogP contribution in [0.5, 0.6) is 0 Å². The molecule has 0 unspecified atom stereocenters. The van der Waals surface area contributed by atoms with Gasteiger partial charge >= 0.3 is 0 Å². The summed E-state index contributed by atoms with van der Waals surface area (Å²) in [7, 11) is 0. The van der Waals surface area contributed by atoms with E-state index in [0.29, 0.717) is 0 Å². The second kappa shape index (κ2) is 4.99. The molecule has 0 amide bonds. The molecule has 74 valence electrons. The van der Waals surface area contributed by atoms with E-state index in [-0.39, 0.29) is 12.4 Å². The number of nitrogens with one attached hydrogen (secondary N) is 1. The Morgan fingerprint density at radius 1 is 1.29 bits per heavy atom. The van der Waals surface area contributed by atoms with Gasteiger partial charge in [0, 0.05) is 6.54 Å². The van der Waals surface area contributed by atoms with Gasteiger partial charge in [-0.2, -0.15) is 5.26 Å².